The molecule has 0 unspecified atom stereocenters. The summed E-state index contributed by atoms with van der Waals surface area (Å²) in [6.07, 6.45) is 1.69. The first-order valence-corrected chi connectivity index (χ1v) is 5.75. The Labute approximate surface area is 108 Å². The predicted octanol–water partition coefficient (Wildman–Crippen LogP) is 2.92. The molecule has 0 atom stereocenters. The maximum Gasteiger partial charge on any atom is 0.164 e. The van der Waals surface area contributed by atoms with Gasteiger partial charge in [0.1, 0.15) is 16.1 Å². The summed E-state index contributed by atoms with van der Waals surface area (Å²) in [7, 11) is 3.23. The highest BCUT2D eigenvalue weighted by molar-refractivity contribution is 9.10. The van der Waals surface area contributed by atoms with E-state index >= 15 is 0 Å². The van der Waals surface area contributed by atoms with Crippen LogP contribution in [0, 0.1) is 0 Å². The van der Waals surface area contributed by atoms with Gasteiger partial charge in [-0.05, 0) is 40.2 Å². The van der Waals surface area contributed by atoms with Crippen molar-refractivity contribution < 1.29 is 9.47 Å². The molecule has 0 aliphatic rings. The van der Waals surface area contributed by atoms with Crippen LogP contribution >= 0.6 is 15.9 Å². The van der Waals surface area contributed by atoms with Gasteiger partial charge in [-0.2, -0.15) is 0 Å². The largest absolute Gasteiger partial charge is 0.497 e. The fourth-order valence-corrected chi connectivity index (χ4v) is 1.74. The van der Waals surface area contributed by atoms with Crippen LogP contribution in [0.3, 0.4) is 0 Å². The molecule has 2 rings (SSSR count). The predicted molar refractivity (Wildman–Crippen MR) is 68.3 cm³/mol. The molecule has 0 N–H and O–H groups in total. The lowest BCUT2D eigenvalue weighted by Crippen LogP contribution is -1.94. The monoisotopic (exact) mass is 294 g/mol. The van der Waals surface area contributed by atoms with Crippen molar-refractivity contribution in [3.63, 3.8) is 0 Å². The van der Waals surface area contributed by atoms with Gasteiger partial charge in [0.15, 0.2) is 5.82 Å². The molecule has 5 heteroatoms. The zero-order chi connectivity index (χ0) is 12.3. The highest BCUT2D eigenvalue weighted by Gasteiger charge is 2.10. The third-order valence-corrected chi connectivity index (χ3v) is 2.71. The summed E-state index contributed by atoms with van der Waals surface area (Å²) in [5.41, 5.74) is 0.799. The normalized spacial score (nSPS) is 10.1. The van der Waals surface area contributed by atoms with Crippen LogP contribution in [0.4, 0.5) is 0 Å². The molecule has 88 valence electrons. The van der Waals surface area contributed by atoms with Crippen molar-refractivity contribution in [1.82, 2.24) is 9.97 Å². The zero-order valence-electron chi connectivity index (χ0n) is 9.48. The van der Waals surface area contributed by atoms with Crippen molar-refractivity contribution in [2.75, 3.05) is 14.2 Å². The summed E-state index contributed by atoms with van der Waals surface area (Å²) in [5, 5.41) is 0. The molecule has 0 saturated heterocycles. The highest BCUT2D eigenvalue weighted by Crippen LogP contribution is 2.31. The Morgan fingerprint density at radius 3 is 2.59 bits per heavy atom. The average molecular weight is 295 g/mol. The van der Waals surface area contributed by atoms with E-state index in [2.05, 4.69) is 25.9 Å². The van der Waals surface area contributed by atoms with E-state index in [1.807, 2.05) is 18.2 Å². The maximum absolute atomic E-state index is 5.29. The van der Waals surface area contributed by atoms with Crippen molar-refractivity contribution >= 4 is 15.9 Å². The summed E-state index contributed by atoms with van der Waals surface area (Å²) >= 11 is 3.32. The lowest BCUT2D eigenvalue weighted by atomic mass is 10.1. The number of hydrogen-bond acceptors (Lipinski definition) is 4. The number of ether oxygens (including phenoxy) is 2. The third-order valence-electron chi connectivity index (χ3n) is 2.27. The Bertz CT molecular complexity index is 532. The van der Waals surface area contributed by atoms with E-state index < -0.39 is 0 Å². The van der Waals surface area contributed by atoms with Crippen LogP contribution in [-0.2, 0) is 0 Å². The van der Waals surface area contributed by atoms with E-state index in [0.29, 0.717) is 11.6 Å². The molecule has 0 saturated carbocycles. The molecule has 17 heavy (non-hydrogen) atoms. The number of methoxy groups -OCH3 is 2. The van der Waals surface area contributed by atoms with E-state index in [4.69, 9.17) is 9.47 Å². The van der Waals surface area contributed by atoms with Gasteiger partial charge < -0.3 is 9.47 Å². The second kappa shape index (κ2) is 5.14. The van der Waals surface area contributed by atoms with Crippen LogP contribution in [0.2, 0.25) is 0 Å². The van der Waals surface area contributed by atoms with Gasteiger partial charge in [-0.3, -0.25) is 0 Å². The molecule has 0 fully saturated rings. The molecule has 1 heterocycles. The number of benzene rings is 1. The minimum atomic E-state index is 0.593. The first kappa shape index (κ1) is 11.9. The average Bonchev–Trinajstić information content (AvgIpc) is 2.38. The Morgan fingerprint density at radius 2 is 1.94 bits per heavy atom. The van der Waals surface area contributed by atoms with Gasteiger partial charge in [0.25, 0.3) is 0 Å². The topological polar surface area (TPSA) is 44.2 Å². The van der Waals surface area contributed by atoms with Crippen LogP contribution < -0.4 is 9.47 Å². The van der Waals surface area contributed by atoms with Gasteiger partial charge in [-0.1, -0.05) is 0 Å². The van der Waals surface area contributed by atoms with Gasteiger partial charge in [0.05, 0.1) is 19.8 Å². The van der Waals surface area contributed by atoms with Crippen molar-refractivity contribution in [2.24, 2.45) is 0 Å². The Balaban J connectivity index is 2.56. The number of rotatable bonds is 3. The standard InChI is InChI=1S/C12H11BrN2O2/c1-16-8-3-4-10(17-2)9(7-8)12-14-6-5-11(13)15-12/h3-7H,1-2H3. The SMILES string of the molecule is COc1ccc(OC)c(-c2nccc(Br)n2)c1. The highest BCUT2D eigenvalue weighted by atomic mass is 79.9. The lowest BCUT2D eigenvalue weighted by Gasteiger charge is -2.09. The number of aromatic nitrogens is 2. The number of hydrogen-bond donors (Lipinski definition) is 0. The first-order valence-electron chi connectivity index (χ1n) is 4.95. The first-order chi connectivity index (χ1) is 8.24. The van der Waals surface area contributed by atoms with Crippen molar-refractivity contribution in [1.29, 1.82) is 0 Å². The quantitative estimate of drug-likeness (QED) is 0.817. The third kappa shape index (κ3) is 2.55. The maximum atomic E-state index is 5.29. The van der Waals surface area contributed by atoms with Crippen molar-refractivity contribution in [3.8, 4) is 22.9 Å². The second-order valence-electron chi connectivity index (χ2n) is 3.27. The van der Waals surface area contributed by atoms with Gasteiger partial charge in [-0.15, -0.1) is 0 Å². The number of nitrogens with zero attached hydrogens (tertiary/aromatic N) is 2. The molecule has 1 aromatic carbocycles. The molecular formula is C12H11BrN2O2. The lowest BCUT2D eigenvalue weighted by molar-refractivity contribution is 0.404. The van der Waals surface area contributed by atoms with Crippen LogP contribution in [0.1, 0.15) is 0 Å². The van der Waals surface area contributed by atoms with Crippen molar-refractivity contribution in [2.45, 2.75) is 0 Å². The van der Waals surface area contributed by atoms with E-state index in [1.54, 1.807) is 26.5 Å². The summed E-state index contributed by atoms with van der Waals surface area (Å²) < 4.78 is 11.2. The van der Waals surface area contributed by atoms with E-state index in [0.717, 1.165) is 15.9 Å². The Hall–Kier alpha value is -1.62. The molecule has 0 amide bonds. The molecule has 0 aliphatic heterocycles. The van der Waals surface area contributed by atoms with E-state index in [9.17, 15) is 0 Å². The minimum Gasteiger partial charge on any atom is -0.497 e. The number of halogens is 1. The summed E-state index contributed by atoms with van der Waals surface area (Å²) in [4.78, 5) is 8.51. The van der Waals surface area contributed by atoms with Gasteiger partial charge in [0, 0.05) is 6.20 Å². The minimum absolute atomic E-state index is 0.593. The molecular weight excluding hydrogens is 284 g/mol. The molecule has 1 aromatic heterocycles. The van der Waals surface area contributed by atoms with Crippen LogP contribution in [-0.4, -0.2) is 24.2 Å². The van der Waals surface area contributed by atoms with Gasteiger partial charge in [0.2, 0.25) is 0 Å². The second-order valence-corrected chi connectivity index (χ2v) is 4.08. The van der Waals surface area contributed by atoms with Crippen LogP contribution in [0.15, 0.2) is 35.1 Å². The smallest absolute Gasteiger partial charge is 0.164 e. The summed E-state index contributed by atoms with van der Waals surface area (Å²) in [5.74, 6) is 2.04. The molecule has 4 nitrogen and oxygen atoms in total. The molecule has 0 aliphatic carbocycles. The Morgan fingerprint density at radius 1 is 1.12 bits per heavy atom. The summed E-state index contributed by atoms with van der Waals surface area (Å²) in [6, 6.07) is 7.29. The fourth-order valence-electron chi connectivity index (χ4n) is 1.46. The fraction of sp³-hybridized carbons (Fsp3) is 0.167. The van der Waals surface area contributed by atoms with E-state index in [1.165, 1.54) is 0 Å². The molecule has 0 radical (unpaired) electrons. The Kier molecular flexibility index (Phi) is 3.58. The molecule has 2 aromatic rings. The molecule has 0 bridgehead atoms. The van der Waals surface area contributed by atoms with Gasteiger partial charge >= 0.3 is 0 Å². The van der Waals surface area contributed by atoms with Gasteiger partial charge in [-0.25, -0.2) is 9.97 Å². The van der Waals surface area contributed by atoms with Crippen LogP contribution in [0.5, 0.6) is 11.5 Å². The van der Waals surface area contributed by atoms with Crippen LogP contribution in [0.25, 0.3) is 11.4 Å². The zero-order valence-corrected chi connectivity index (χ0v) is 11.1. The summed E-state index contributed by atoms with van der Waals surface area (Å²) in [6.45, 7) is 0. The molecule has 0 spiro atoms. The van der Waals surface area contributed by atoms with Crippen molar-refractivity contribution in [3.05, 3.63) is 35.1 Å². The van der Waals surface area contributed by atoms with E-state index in [-0.39, 0.29) is 0 Å².